The lowest BCUT2D eigenvalue weighted by atomic mass is 10.1. The molecule has 1 atom stereocenters. The highest BCUT2D eigenvalue weighted by Gasteiger charge is 2.30. The van der Waals surface area contributed by atoms with Crippen LogP contribution in [0.25, 0.3) is 0 Å². The second-order valence-corrected chi connectivity index (χ2v) is 5.59. The van der Waals surface area contributed by atoms with Gasteiger partial charge in [0.15, 0.2) is 22.9 Å². The summed E-state index contributed by atoms with van der Waals surface area (Å²) in [6.45, 7) is 6.15. The summed E-state index contributed by atoms with van der Waals surface area (Å²) in [4.78, 5) is 4.30. The van der Waals surface area contributed by atoms with E-state index in [2.05, 4.69) is 10.1 Å². The number of aliphatic hydroxyl groups excluding tert-OH is 1. The first-order chi connectivity index (χ1) is 10.5. The number of hydrogen-bond acceptors (Lipinski definition) is 5. The molecular formula is C16H23N3O3. The maximum atomic E-state index is 9.84. The molecule has 120 valence electrons. The van der Waals surface area contributed by atoms with Gasteiger partial charge in [-0.15, -0.1) is 0 Å². The number of methoxy groups -OCH3 is 1. The zero-order valence-electron chi connectivity index (χ0n) is 13.5. The average Bonchev–Trinajstić information content (AvgIpc) is 2.96. The van der Waals surface area contributed by atoms with E-state index in [0.29, 0.717) is 30.3 Å². The van der Waals surface area contributed by atoms with Crippen molar-refractivity contribution in [2.75, 3.05) is 7.11 Å². The van der Waals surface area contributed by atoms with Crippen molar-refractivity contribution in [1.29, 1.82) is 0 Å². The number of hydrogen-bond donors (Lipinski definition) is 1. The summed E-state index contributed by atoms with van der Waals surface area (Å²) in [5, 5.41) is 14.0. The Labute approximate surface area is 130 Å². The number of para-hydroxylation sites is 2. The lowest BCUT2D eigenvalue weighted by Crippen LogP contribution is -2.32. The van der Waals surface area contributed by atoms with Gasteiger partial charge in [0.2, 0.25) is 0 Å². The maximum Gasteiger partial charge on any atom is 0.170 e. The van der Waals surface area contributed by atoms with E-state index in [1.165, 1.54) is 6.33 Å². The number of nitrogens with zero attached hydrogens (tertiary/aromatic N) is 3. The molecule has 1 N–H and O–H groups in total. The summed E-state index contributed by atoms with van der Waals surface area (Å²) in [6.07, 6.45) is 1.68. The van der Waals surface area contributed by atoms with Gasteiger partial charge in [-0.1, -0.05) is 19.1 Å². The van der Waals surface area contributed by atoms with E-state index < -0.39 is 11.7 Å². The summed E-state index contributed by atoms with van der Waals surface area (Å²) >= 11 is 0. The van der Waals surface area contributed by atoms with Gasteiger partial charge in [0.05, 0.1) is 19.8 Å². The third-order valence-electron chi connectivity index (χ3n) is 3.44. The van der Waals surface area contributed by atoms with Crippen LogP contribution < -0.4 is 9.47 Å². The van der Waals surface area contributed by atoms with Crippen LogP contribution in [-0.2, 0) is 12.1 Å². The fourth-order valence-corrected chi connectivity index (χ4v) is 2.22. The maximum absolute atomic E-state index is 9.84. The normalized spacial score (nSPS) is 13.0. The van der Waals surface area contributed by atoms with Crippen molar-refractivity contribution in [2.24, 2.45) is 0 Å². The summed E-state index contributed by atoms with van der Waals surface area (Å²) in [7, 11) is 1.61. The van der Waals surface area contributed by atoms with E-state index in [4.69, 9.17) is 9.47 Å². The quantitative estimate of drug-likeness (QED) is 0.850. The van der Waals surface area contributed by atoms with Crippen LogP contribution in [-0.4, -0.2) is 33.1 Å². The van der Waals surface area contributed by atoms with Gasteiger partial charge in [-0.05, 0) is 32.4 Å². The lowest BCUT2D eigenvalue weighted by Gasteiger charge is -2.27. The Bertz CT molecular complexity index is 610. The van der Waals surface area contributed by atoms with Gasteiger partial charge < -0.3 is 14.6 Å². The van der Waals surface area contributed by atoms with Crippen molar-refractivity contribution in [3.05, 3.63) is 36.4 Å². The van der Waals surface area contributed by atoms with E-state index in [-0.39, 0.29) is 0 Å². The van der Waals surface area contributed by atoms with Crippen LogP contribution in [0.4, 0.5) is 0 Å². The Morgan fingerprint density at radius 3 is 2.59 bits per heavy atom. The van der Waals surface area contributed by atoms with Crippen LogP contribution in [0.2, 0.25) is 0 Å². The smallest absolute Gasteiger partial charge is 0.170 e. The van der Waals surface area contributed by atoms with Crippen molar-refractivity contribution < 1.29 is 14.6 Å². The molecule has 0 aliphatic heterocycles. The van der Waals surface area contributed by atoms with Crippen molar-refractivity contribution in [3.8, 4) is 11.5 Å². The van der Waals surface area contributed by atoms with Crippen LogP contribution in [0.1, 0.15) is 33.0 Å². The van der Waals surface area contributed by atoms with Crippen LogP contribution in [0, 0.1) is 0 Å². The Kier molecular flexibility index (Phi) is 5.03. The minimum absolute atomic E-state index is 0.393. The number of ether oxygens (including phenoxy) is 2. The number of rotatable bonds is 7. The van der Waals surface area contributed by atoms with Gasteiger partial charge in [-0.25, -0.2) is 9.67 Å². The SMILES string of the molecule is CCC(O)Cn1ncnc1C(C)(C)Oc1ccccc1OC. The van der Waals surface area contributed by atoms with E-state index in [0.717, 1.165) is 0 Å². The van der Waals surface area contributed by atoms with Crippen molar-refractivity contribution in [1.82, 2.24) is 14.8 Å². The highest BCUT2D eigenvalue weighted by atomic mass is 16.5. The Morgan fingerprint density at radius 1 is 1.27 bits per heavy atom. The fraction of sp³-hybridized carbons (Fsp3) is 0.500. The summed E-state index contributed by atoms with van der Waals surface area (Å²) in [5.74, 6) is 1.96. The van der Waals surface area contributed by atoms with Gasteiger partial charge in [0, 0.05) is 0 Å². The third kappa shape index (κ3) is 3.57. The second-order valence-electron chi connectivity index (χ2n) is 5.59. The molecule has 0 saturated carbocycles. The van der Waals surface area contributed by atoms with Gasteiger partial charge in [0.1, 0.15) is 6.33 Å². The van der Waals surface area contributed by atoms with Crippen LogP contribution in [0.5, 0.6) is 11.5 Å². The molecule has 6 nitrogen and oxygen atoms in total. The molecule has 0 aliphatic carbocycles. The predicted octanol–water partition coefficient (Wildman–Crippen LogP) is 2.37. The molecular weight excluding hydrogens is 282 g/mol. The van der Waals surface area contributed by atoms with Crippen molar-refractivity contribution in [2.45, 2.75) is 45.4 Å². The minimum Gasteiger partial charge on any atom is -0.493 e. The van der Waals surface area contributed by atoms with E-state index in [9.17, 15) is 5.11 Å². The summed E-state index contributed by atoms with van der Waals surface area (Å²) < 4.78 is 13.1. The van der Waals surface area contributed by atoms with Gasteiger partial charge >= 0.3 is 0 Å². The highest BCUT2D eigenvalue weighted by Crippen LogP contribution is 2.33. The average molecular weight is 305 g/mol. The molecule has 0 saturated heterocycles. The van der Waals surface area contributed by atoms with E-state index in [1.54, 1.807) is 11.8 Å². The number of aliphatic hydroxyl groups is 1. The van der Waals surface area contributed by atoms with Crippen molar-refractivity contribution >= 4 is 0 Å². The molecule has 0 radical (unpaired) electrons. The third-order valence-corrected chi connectivity index (χ3v) is 3.44. The molecule has 2 rings (SSSR count). The Hall–Kier alpha value is -2.08. The van der Waals surface area contributed by atoms with Gasteiger partial charge in [-0.3, -0.25) is 0 Å². The van der Waals surface area contributed by atoms with Crippen LogP contribution in [0.3, 0.4) is 0 Å². The highest BCUT2D eigenvalue weighted by molar-refractivity contribution is 5.40. The minimum atomic E-state index is -0.710. The summed E-state index contributed by atoms with van der Waals surface area (Å²) in [6, 6.07) is 7.47. The van der Waals surface area contributed by atoms with Crippen LogP contribution in [0.15, 0.2) is 30.6 Å². The van der Waals surface area contributed by atoms with Crippen molar-refractivity contribution in [3.63, 3.8) is 0 Å². The monoisotopic (exact) mass is 305 g/mol. The van der Waals surface area contributed by atoms with E-state index >= 15 is 0 Å². The first-order valence-corrected chi connectivity index (χ1v) is 7.36. The lowest BCUT2D eigenvalue weighted by molar-refractivity contribution is 0.0806. The first-order valence-electron chi connectivity index (χ1n) is 7.36. The van der Waals surface area contributed by atoms with Gasteiger partial charge in [0.25, 0.3) is 0 Å². The molecule has 0 fully saturated rings. The Morgan fingerprint density at radius 2 is 1.95 bits per heavy atom. The molecule has 0 spiro atoms. The van der Waals surface area contributed by atoms with E-state index in [1.807, 2.05) is 45.0 Å². The Balaban J connectivity index is 2.25. The summed E-state index contributed by atoms with van der Waals surface area (Å²) in [5.41, 5.74) is -0.710. The number of benzene rings is 1. The molecule has 0 bridgehead atoms. The fourth-order valence-electron chi connectivity index (χ4n) is 2.22. The first kappa shape index (κ1) is 16.3. The number of aromatic nitrogens is 3. The largest absolute Gasteiger partial charge is 0.493 e. The molecule has 2 aromatic rings. The zero-order valence-corrected chi connectivity index (χ0v) is 13.5. The molecule has 0 aliphatic rings. The topological polar surface area (TPSA) is 69.4 Å². The van der Waals surface area contributed by atoms with Crippen LogP contribution >= 0.6 is 0 Å². The molecule has 22 heavy (non-hydrogen) atoms. The predicted molar refractivity (Wildman–Crippen MR) is 83.0 cm³/mol. The molecule has 1 unspecified atom stereocenters. The second kappa shape index (κ2) is 6.79. The molecule has 6 heteroatoms. The standard InChI is InChI=1S/C16H23N3O3/c1-5-12(20)10-19-15(17-11-18-19)16(2,3)22-14-9-7-6-8-13(14)21-4/h6-9,11-12,20H,5,10H2,1-4H3. The zero-order chi connectivity index (χ0) is 16.2. The molecule has 0 amide bonds. The molecule has 1 aromatic carbocycles. The molecule has 1 heterocycles. The van der Waals surface area contributed by atoms with Gasteiger partial charge in [-0.2, -0.15) is 5.10 Å². The molecule has 1 aromatic heterocycles.